The molecule has 3 heterocycles. The Morgan fingerprint density at radius 1 is 1.10 bits per heavy atom. The van der Waals surface area contributed by atoms with Crippen molar-refractivity contribution in [1.29, 1.82) is 0 Å². The minimum atomic E-state index is 0.591. The molecule has 1 aliphatic heterocycles. The van der Waals surface area contributed by atoms with Crippen LogP contribution in [0, 0.1) is 6.92 Å². The fraction of sp³-hybridized carbons (Fsp3) is 0.200. The lowest BCUT2D eigenvalue weighted by Gasteiger charge is -2.18. The van der Waals surface area contributed by atoms with E-state index in [0.717, 1.165) is 33.0 Å². The predicted octanol–water partition coefficient (Wildman–Crippen LogP) is 3.44. The summed E-state index contributed by atoms with van der Waals surface area (Å²) in [5, 5.41) is 2.11. The van der Waals surface area contributed by atoms with Crippen molar-refractivity contribution < 1.29 is 9.47 Å². The van der Waals surface area contributed by atoms with Crippen LogP contribution in [0.5, 0.6) is 11.5 Å². The van der Waals surface area contributed by atoms with E-state index in [1.807, 2.05) is 18.2 Å². The number of benzene rings is 1. The zero-order valence-electron chi connectivity index (χ0n) is 10.9. The number of aromatic nitrogens is 2. The van der Waals surface area contributed by atoms with Crippen LogP contribution in [0.3, 0.4) is 0 Å². The second-order valence-corrected chi connectivity index (χ2v) is 5.56. The Balaban J connectivity index is 1.90. The number of nitrogens with zero attached hydrogens (tertiary/aromatic N) is 2. The van der Waals surface area contributed by atoms with Crippen LogP contribution in [0.25, 0.3) is 21.5 Å². The lowest BCUT2D eigenvalue weighted by molar-refractivity contribution is 0.171. The van der Waals surface area contributed by atoms with Crippen molar-refractivity contribution in [2.24, 2.45) is 0 Å². The zero-order chi connectivity index (χ0) is 13.5. The first kappa shape index (κ1) is 11.7. The SMILES string of the molecule is Cc1csc2c(-c3ccc4c(c3)OCCO4)ncnc12. The van der Waals surface area contributed by atoms with Crippen LogP contribution in [0.4, 0.5) is 0 Å². The fourth-order valence-corrected chi connectivity index (χ4v) is 3.38. The lowest BCUT2D eigenvalue weighted by atomic mass is 10.1. The number of aryl methyl sites for hydroxylation is 1. The van der Waals surface area contributed by atoms with Crippen molar-refractivity contribution >= 4 is 21.6 Å². The lowest BCUT2D eigenvalue weighted by Crippen LogP contribution is -2.15. The summed E-state index contributed by atoms with van der Waals surface area (Å²) in [6.07, 6.45) is 1.62. The van der Waals surface area contributed by atoms with Crippen LogP contribution < -0.4 is 9.47 Å². The van der Waals surface area contributed by atoms with Gasteiger partial charge in [-0.2, -0.15) is 0 Å². The van der Waals surface area contributed by atoms with E-state index in [1.54, 1.807) is 17.7 Å². The number of fused-ring (bicyclic) bond motifs is 2. The average Bonchev–Trinajstić information content (AvgIpc) is 2.88. The highest BCUT2D eigenvalue weighted by Gasteiger charge is 2.15. The molecule has 0 aliphatic carbocycles. The van der Waals surface area contributed by atoms with Gasteiger partial charge in [-0.3, -0.25) is 0 Å². The summed E-state index contributed by atoms with van der Waals surface area (Å²) in [5.74, 6) is 1.58. The summed E-state index contributed by atoms with van der Waals surface area (Å²) in [6.45, 7) is 3.27. The molecule has 4 nitrogen and oxygen atoms in total. The number of hydrogen-bond donors (Lipinski definition) is 0. The summed E-state index contributed by atoms with van der Waals surface area (Å²) in [4.78, 5) is 8.80. The topological polar surface area (TPSA) is 44.2 Å². The van der Waals surface area contributed by atoms with Gasteiger partial charge in [-0.1, -0.05) is 0 Å². The van der Waals surface area contributed by atoms with Crippen LogP contribution in [-0.4, -0.2) is 23.2 Å². The molecule has 0 N–H and O–H groups in total. The van der Waals surface area contributed by atoms with Crippen molar-refractivity contribution in [3.8, 4) is 22.8 Å². The van der Waals surface area contributed by atoms with Crippen molar-refractivity contribution in [3.63, 3.8) is 0 Å². The summed E-state index contributed by atoms with van der Waals surface area (Å²) in [5.41, 5.74) is 4.19. The Kier molecular flexibility index (Phi) is 2.60. The smallest absolute Gasteiger partial charge is 0.162 e. The molecule has 20 heavy (non-hydrogen) atoms. The number of rotatable bonds is 1. The third-order valence-corrected chi connectivity index (χ3v) is 4.44. The molecule has 0 bridgehead atoms. The maximum atomic E-state index is 5.64. The summed E-state index contributed by atoms with van der Waals surface area (Å²) >= 11 is 1.68. The molecule has 1 aliphatic rings. The van der Waals surface area contributed by atoms with Gasteiger partial charge in [0.15, 0.2) is 11.5 Å². The second kappa shape index (κ2) is 4.45. The Morgan fingerprint density at radius 3 is 2.85 bits per heavy atom. The molecule has 1 aromatic carbocycles. The number of thiophene rings is 1. The number of ether oxygens (including phenoxy) is 2. The van der Waals surface area contributed by atoms with Crippen molar-refractivity contribution in [1.82, 2.24) is 9.97 Å². The summed E-state index contributed by atoms with van der Waals surface area (Å²) in [6, 6.07) is 5.95. The van der Waals surface area contributed by atoms with Crippen molar-refractivity contribution in [2.45, 2.75) is 6.92 Å². The van der Waals surface area contributed by atoms with Crippen molar-refractivity contribution in [3.05, 3.63) is 35.5 Å². The van der Waals surface area contributed by atoms with Crippen LogP contribution in [0.2, 0.25) is 0 Å². The monoisotopic (exact) mass is 284 g/mol. The van der Waals surface area contributed by atoms with E-state index in [-0.39, 0.29) is 0 Å². The molecule has 0 unspecified atom stereocenters. The average molecular weight is 284 g/mol. The number of hydrogen-bond acceptors (Lipinski definition) is 5. The first-order valence-corrected chi connectivity index (χ1v) is 7.30. The molecule has 0 radical (unpaired) electrons. The van der Waals surface area contributed by atoms with Crippen molar-refractivity contribution in [2.75, 3.05) is 13.2 Å². The van der Waals surface area contributed by atoms with E-state index in [2.05, 4.69) is 22.3 Å². The van der Waals surface area contributed by atoms with E-state index in [1.165, 1.54) is 5.56 Å². The van der Waals surface area contributed by atoms with Gasteiger partial charge in [0.05, 0.1) is 15.9 Å². The molecule has 3 aromatic rings. The Morgan fingerprint density at radius 2 is 1.95 bits per heavy atom. The molecule has 0 saturated carbocycles. The van der Waals surface area contributed by atoms with Gasteiger partial charge in [-0.05, 0) is 36.1 Å². The van der Waals surface area contributed by atoms with Crippen LogP contribution in [-0.2, 0) is 0 Å². The summed E-state index contributed by atoms with van der Waals surface area (Å²) < 4.78 is 12.3. The molecular weight excluding hydrogens is 272 g/mol. The van der Waals surface area contributed by atoms with E-state index >= 15 is 0 Å². The highest BCUT2D eigenvalue weighted by Crippen LogP contribution is 2.37. The molecule has 4 rings (SSSR count). The van der Waals surface area contributed by atoms with Gasteiger partial charge in [0.25, 0.3) is 0 Å². The van der Waals surface area contributed by atoms with Crippen LogP contribution in [0.1, 0.15) is 5.56 Å². The maximum absolute atomic E-state index is 5.64. The highest BCUT2D eigenvalue weighted by molar-refractivity contribution is 7.17. The van der Waals surface area contributed by atoms with Gasteiger partial charge in [-0.15, -0.1) is 11.3 Å². The van der Waals surface area contributed by atoms with E-state index in [0.29, 0.717) is 13.2 Å². The highest BCUT2D eigenvalue weighted by atomic mass is 32.1. The van der Waals surface area contributed by atoms with Gasteiger partial charge in [-0.25, -0.2) is 9.97 Å². The van der Waals surface area contributed by atoms with Gasteiger partial charge in [0.2, 0.25) is 0 Å². The molecule has 2 aromatic heterocycles. The van der Waals surface area contributed by atoms with Crippen LogP contribution in [0.15, 0.2) is 29.9 Å². The third-order valence-electron chi connectivity index (χ3n) is 3.35. The predicted molar refractivity (Wildman–Crippen MR) is 78.6 cm³/mol. The normalized spacial score (nSPS) is 13.7. The quantitative estimate of drug-likeness (QED) is 0.686. The van der Waals surface area contributed by atoms with E-state index in [9.17, 15) is 0 Å². The molecule has 5 heteroatoms. The Labute approximate surface area is 120 Å². The maximum Gasteiger partial charge on any atom is 0.162 e. The second-order valence-electron chi connectivity index (χ2n) is 4.68. The largest absolute Gasteiger partial charge is 0.486 e. The Bertz CT molecular complexity index is 798. The standard InChI is InChI=1S/C15H12N2O2S/c1-9-7-20-15-13(9)16-8-17-14(15)10-2-3-11-12(6-10)19-5-4-18-11/h2-3,6-8H,4-5H2,1H3. The third kappa shape index (κ3) is 1.74. The summed E-state index contributed by atoms with van der Waals surface area (Å²) in [7, 11) is 0. The molecule has 0 spiro atoms. The zero-order valence-corrected chi connectivity index (χ0v) is 11.7. The van der Waals surface area contributed by atoms with E-state index < -0.39 is 0 Å². The van der Waals surface area contributed by atoms with Gasteiger partial charge in [0, 0.05) is 5.56 Å². The molecule has 0 fully saturated rings. The van der Waals surface area contributed by atoms with Gasteiger partial charge >= 0.3 is 0 Å². The first-order valence-electron chi connectivity index (χ1n) is 6.42. The van der Waals surface area contributed by atoms with Gasteiger partial charge < -0.3 is 9.47 Å². The molecule has 0 atom stereocenters. The minimum absolute atomic E-state index is 0.591. The molecular formula is C15H12N2O2S. The Hall–Kier alpha value is -2.14. The first-order chi connectivity index (χ1) is 9.83. The van der Waals surface area contributed by atoms with E-state index in [4.69, 9.17) is 9.47 Å². The molecule has 0 amide bonds. The van der Waals surface area contributed by atoms with Gasteiger partial charge in [0.1, 0.15) is 19.5 Å². The molecule has 0 saturated heterocycles. The molecule has 100 valence electrons. The van der Waals surface area contributed by atoms with Crippen LogP contribution >= 0.6 is 11.3 Å². The fourth-order valence-electron chi connectivity index (χ4n) is 2.37. The minimum Gasteiger partial charge on any atom is -0.486 e.